The summed E-state index contributed by atoms with van der Waals surface area (Å²) < 4.78 is 50.3. The zero-order valence-corrected chi connectivity index (χ0v) is 8.31. The molecule has 1 N–H and O–H groups in total. The molecular formula is C10H6F4N2O. The quantitative estimate of drug-likeness (QED) is 0.815. The number of carbonyl (C=O) groups excluding carboxylic acids is 1. The summed E-state index contributed by atoms with van der Waals surface area (Å²) in [6, 6.07) is 4.01. The summed E-state index contributed by atoms with van der Waals surface area (Å²) >= 11 is 0. The maximum Gasteiger partial charge on any atom is 0.419 e. The lowest BCUT2D eigenvalue weighted by Gasteiger charge is -2.11. The molecule has 0 radical (unpaired) electrons. The minimum atomic E-state index is -4.83. The van der Waals surface area contributed by atoms with Gasteiger partial charge >= 0.3 is 6.18 Å². The average Bonchev–Trinajstić information content (AvgIpc) is 2.19. The number of amides is 1. The van der Waals surface area contributed by atoms with Crippen molar-refractivity contribution in [2.24, 2.45) is 0 Å². The maximum absolute atomic E-state index is 13.4. The number of nitrogens with zero attached hydrogens (tertiary/aromatic N) is 1. The molecule has 0 unspecified atom stereocenters. The summed E-state index contributed by atoms with van der Waals surface area (Å²) in [6.45, 7) is 0. The molecule has 0 bridgehead atoms. The van der Waals surface area contributed by atoms with Gasteiger partial charge in [-0.2, -0.15) is 18.4 Å². The van der Waals surface area contributed by atoms with Crippen molar-refractivity contribution in [2.75, 3.05) is 5.32 Å². The van der Waals surface area contributed by atoms with Crippen LogP contribution in [0.5, 0.6) is 0 Å². The molecule has 0 aromatic heterocycles. The van der Waals surface area contributed by atoms with Gasteiger partial charge in [-0.25, -0.2) is 4.39 Å². The molecule has 0 aliphatic rings. The van der Waals surface area contributed by atoms with E-state index in [1.54, 1.807) is 0 Å². The van der Waals surface area contributed by atoms with Crippen molar-refractivity contribution in [3.05, 3.63) is 29.6 Å². The van der Waals surface area contributed by atoms with Crippen molar-refractivity contribution in [3.8, 4) is 6.07 Å². The Bertz CT molecular complexity index is 476. The highest BCUT2D eigenvalue weighted by Crippen LogP contribution is 2.33. The summed E-state index contributed by atoms with van der Waals surface area (Å²) in [6.07, 6.45) is -5.39. The predicted molar refractivity (Wildman–Crippen MR) is 50.3 cm³/mol. The van der Waals surface area contributed by atoms with E-state index in [1.807, 2.05) is 5.32 Å². The SMILES string of the molecule is N#CCC(=O)Nc1cccc(C(F)(F)F)c1F. The topological polar surface area (TPSA) is 52.9 Å². The molecule has 0 heterocycles. The van der Waals surface area contributed by atoms with Crippen LogP contribution in [-0.4, -0.2) is 5.91 Å². The molecule has 7 heteroatoms. The minimum Gasteiger partial charge on any atom is -0.323 e. The highest BCUT2D eigenvalue weighted by Gasteiger charge is 2.34. The van der Waals surface area contributed by atoms with E-state index in [0.717, 1.165) is 12.1 Å². The van der Waals surface area contributed by atoms with Crippen LogP contribution in [0.25, 0.3) is 0 Å². The predicted octanol–water partition coefficient (Wildman–Crippen LogP) is 2.70. The molecule has 0 aliphatic carbocycles. The first kappa shape index (κ1) is 13.0. The number of alkyl halides is 3. The van der Waals surface area contributed by atoms with Crippen LogP contribution in [0.4, 0.5) is 23.2 Å². The molecule has 0 atom stereocenters. The van der Waals surface area contributed by atoms with Crippen LogP contribution >= 0.6 is 0 Å². The minimum absolute atomic E-state index is 0.560. The van der Waals surface area contributed by atoms with Crippen LogP contribution < -0.4 is 5.32 Å². The second kappa shape index (κ2) is 4.82. The summed E-state index contributed by atoms with van der Waals surface area (Å²) in [5, 5.41) is 10.1. The molecule has 0 fully saturated rings. The van der Waals surface area contributed by atoms with Crippen LogP contribution in [0, 0.1) is 17.1 Å². The van der Waals surface area contributed by atoms with Crippen molar-refractivity contribution in [3.63, 3.8) is 0 Å². The number of nitriles is 1. The fraction of sp³-hybridized carbons (Fsp3) is 0.200. The monoisotopic (exact) mass is 246 g/mol. The number of carbonyl (C=O) groups is 1. The fourth-order valence-corrected chi connectivity index (χ4v) is 1.11. The van der Waals surface area contributed by atoms with Crippen molar-refractivity contribution in [1.29, 1.82) is 5.26 Å². The van der Waals surface area contributed by atoms with E-state index in [9.17, 15) is 22.4 Å². The molecule has 1 amide bonds. The van der Waals surface area contributed by atoms with Gasteiger partial charge in [0, 0.05) is 0 Å². The number of rotatable bonds is 2. The van der Waals surface area contributed by atoms with E-state index in [-0.39, 0.29) is 0 Å². The summed E-state index contributed by atoms with van der Waals surface area (Å²) in [5.74, 6) is -2.43. The normalized spacial score (nSPS) is 10.8. The van der Waals surface area contributed by atoms with Crippen molar-refractivity contribution >= 4 is 11.6 Å². The zero-order valence-electron chi connectivity index (χ0n) is 8.31. The lowest BCUT2D eigenvalue weighted by atomic mass is 10.1. The number of nitrogens with one attached hydrogen (secondary N) is 1. The van der Waals surface area contributed by atoms with E-state index >= 15 is 0 Å². The Hall–Kier alpha value is -2.10. The fourth-order valence-electron chi connectivity index (χ4n) is 1.11. The number of hydrogen-bond donors (Lipinski definition) is 1. The Balaban J connectivity index is 3.04. The molecule has 90 valence electrons. The third kappa shape index (κ3) is 3.17. The molecule has 0 spiro atoms. The van der Waals surface area contributed by atoms with Gasteiger partial charge < -0.3 is 5.32 Å². The highest BCUT2D eigenvalue weighted by atomic mass is 19.4. The lowest BCUT2D eigenvalue weighted by molar-refractivity contribution is -0.140. The van der Waals surface area contributed by atoms with Gasteiger partial charge in [0.1, 0.15) is 6.42 Å². The van der Waals surface area contributed by atoms with Gasteiger partial charge in [0.15, 0.2) is 5.82 Å². The molecule has 1 rings (SSSR count). The summed E-state index contributed by atoms with van der Waals surface area (Å²) in [7, 11) is 0. The van der Waals surface area contributed by atoms with E-state index in [0.29, 0.717) is 6.07 Å². The Morgan fingerprint density at radius 2 is 2.06 bits per heavy atom. The van der Waals surface area contributed by atoms with Crippen LogP contribution in [0.2, 0.25) is 0 Å². The van der Waals surface area contributed by atoms with Gasteiger partial charge in [0.05, 0.1) is 17.3 Å². The molecule has 1 aromatic carbocycles. The molecule has 0 saturated carbocycles. The van der Waals surface area contributed by atoms with Gasteiger partial charge in [-0.1, -0.05) is 6.07 Å². The molecule has 17 heavy (non-hydrogen) atoms. The molecule has 1 aromatic rings. The van der Waals surface area contributed by atoms with Gasteiger partial charge in [-0.05, 0) is 12.1 Å². The number of halogens is 4. The number of hydrogen-bond acceptors (Lipinski definition) is 2. The first-order chi connectivity index (χ1) is 7.86. The van der Waals surface area contributed by atoms with E-state index in [1.165, 1.54) is 6.07 Å². The van der Waals surface area contributed by atoms with E-state index < -0.39 is 35.6 Å². The number of anilines is 1. The van der Waals surface area contributed by atoms with Gasteiger partial charge in [-0.3, -0.25) is 4.79 Å². The Labute approximate surface area is 93.7 Å². The van der Waals surface area contributed by atoms with Crippen molar-refractivity contribution in [1.82, 2.24) is 0 Å². The third-order valence-corrected chi connectivity index (χ3v) is 1.82. The standard InChI is InChI=1S/C10H6F4N2O/c11-9-6(10(12,13)14)2-1-3-7(9)16-8(17)4-5-15/h1-3H,4H2,(H,16,17). The van der Waals surface area contributed by atoms with Crippen LogP contribution in [-0.2, 0) is 11.0 Å². The largest absolute Gasteiger partial charge is 0.419 e. The molecule has 0 saturated heterocycles. The van der Waals surface area contributed by atoms with Gasteiger partial charge in [0.2, 0.25) is 5.91 Å². The Morgan fingerprint density at radius 3 is 2.59 bits per heavy atom. The van der Waals surface area contributed by atoms with Crippen molar-refractivity contribution < 1.29 is 22.4 Å². The van der Waals surface area contributed by atoms with Crippen LogP contribution in [0.15, 0.2) is 18.2 Å². The van der Waals surface area contributed by atoms with Gasteiger partial charge in [0.25, 0.3) is 0 Å². The van der Waals surface area contributed by atoms with Crippen LogP contribution in [0.1, 0.15) is 12.0 Å². The summed E-state index contributed by atoms with van der Waals surface area (Å²) in [4.78, 5) is 10.9. The zero-order chi connectivity index (χ0) is 13.1. The first-order valence-electron chi connectivity index (χ1n) is 4.38. The smallest absolute Gasteiger partial charge is 0.323 e. The third-order valence-electron chi connectivity index (χ3n) is 1.82. The Morgan fingerprint density at radius 1 is 1.41 bits per heavy atom. The molecule has 0 aliphatic heterocycles. The van der Waals surface area contributed by atoms with Crippen molar-refractivity contribution in [2.45, 2.75) is 12.6 Å². The highest BCUT2D eigenvalue weighted by molar-refractivity contribution is 5.92. The second-order valence-electron chi connectivity index (χ2n) is 3.05. The first-order valence-corrected chi connectivity index (χ1v) is 4.38. The maximum atomic E-state index is 13.4. The molecule has 3 nitrogen and oxygen atoms in total. The average molecular weight is 246 g/mol. The molecular weight excluding hydrogens is 240 g/mol. The van der Waals surface area contributed by atoms with E-state index in [4.69, 9.17) is 5.26 Å². The van der Waals surface area contributed by atoms with Gasteiger partial charge in [-0.15, -0.1) is 0 Å². The summed E-state index contributed by atoms with van der Waals surface area (Å²) in [5.41, 5.74) is -2.06. The van der Waals surface area contributed by atoms with E-state index in [2.05, 4.69) is 0 Å². The van der Waals surface area contributed by atoms with Crippen LogP contribution in [0.3, 0.4) is 0 Å². The lowest BCUT2D eigenvalue weighted by Crippen LogP contribution is -2.15. The second-order valence-corrected chi connectivity index (χ2v) is 3.05. The number of benzene rings is 1. The Kier molecular flexibility index (Phi) is 3.68.